The second-order valence-electron chi connectivity index (χ2n) is 5.54. The third-order valence-electron chi connectivity index (χ3n) is 3.74. The molecule has 2 unspecified atom stereocenters. The van der Waals surface area contributed by atoms with E-state index in [1.54, 1.807) is 24.3 Å². The van der Waals surface area contributed by atoms with Gasteiger partial charge in [0, 0.05) is 20.5 Å². The average molecular weight is 299 g/mol. The quantitative estimate of drug-likeness (QED) is 0.914. The second-order valence-corrected chi connectivity index (χ2v) is 7.69. The van der Waals surface area contributed by atoms with Crippen molar-refractivity contribution in [3.05, 3.63) is 29.8 Å². The van der Waals surface area contributed by atoms with E-state index in [0.29, 0.717) is 19.4 Å². The first-order chi connectivity index (χ1) is 9.25. The van der Waals surface area contributed by atoms with Gasteiger partial charge in [0.2, 0.25) is 10.0 Å². The Morgan fingerprint density at radius 3 is 2.40 bits per heavy atom. The lowest BCUT2D eigenvalue weighted by molar-refractivity contribution is -0.112. The van der Waals surface area contributed by atoms with Gasteiger partial charge in [-0.15, -0.1) is 0 Å². The number of aliphatic hydroxyl groups is 1. The predicted molar refractivity (Wildman–Crippen MR) is 75.9 cm³/mol. The SMILES string of the molecule is CN(C)S(=O)(=O)c1ccc(C2(C)CC(O)CCO2)cc1. The Labute approximate surface area is 120 Å². The van der Waals surface area contributed by atoms with Crippen LogP contribution in [0.2, 0.25) is 0 Å². The molecule has 1 aliphatic heterocycles. The Kier molecular flexibility index (Phi) is 4.20. The van der Waals surface area contributed by atoms with Crippen molar-refractivity contribution in [2.24, 2.45) is 0 Å². The van der Waals surface area contributed by atoms with Crippen LogP contribution in [-0.4, -0.2) is 44.6 Å². The fraction of sp³-hybridized carbons (Fsp3) is 0.571. The lowest BCUT2D eigenvalue weighted by Crippen LogP contribution is -2.37. The summed E-state index contributed by atoms with van der Waals surface area (Å²) in [6.07, 6.45) is 0.786. The van der Waals surface area contributed by atoms with Gasteiger partial charge in [0.15, 0.2) is 0 Å². The zero-order chi connectivity index (χ0) is 15.0. The van der Waals surface area contributed by atoms with Gasteiger partial charge in [0.05, 0.1) is 23.2 Å². The zero-order valence-electron chi connectivity index (χ0n) is 12.0. The first kappa shape index (κ1) is 15.4. The van der Waals surface area contributed by atoms with Gasteiger partial charge in [-0.2, -0.15) is 0 Å². The molecule has 0 bridgehead atoms. The van der Waals surface area contributed by atoms with Crippen LogP contribution in [-0.2, 0) is 20.4 Å². The van der Waals surface area contributed by atoms with Gasteiger partial charge in [-0.05, 0) is 31.0 Å². The number of hydrogen-bond donors (Lipinski definition) is 1. The topological polar surface area (TPSA) is 66.8 Å². The van der Waals surface area contributed by atoms with Gasteiger partial charge in [-0.3, -0.25) is 0 Å². The molecule has 0 saturated carbocycles. The zero-order valence-corrected chi connectivity index (χ0v) is 12.9. The van der Waals surface area contributed by atoms with Crippen LogP contribution in [0.5, 0.6) is 0 Å². The highest BCUT2D eigenvalue weighted by molar-refractivity contribution is 7.89. The molecule has 1 aliphatic rings. The fourth-order valence-corrected chi connectivity index (χ4v) is 3.32. The number of benzene rings is 1. The summed E-state index contributed by atoms with van der Waals surface area (Å²) in [5, 5.41) is 9.78. The van der Waals surface area contributed by atoms with Crippen molar-refractivity contribution in [2.45, 2.75) is 36.4 Å². The van der Waals surface area contributed by atoms with E-state index in [1.807, 2.05) is 6.92 Å². The van der Waals surface area contributed by atoms with E-state index in [9.17, 15) is 13.5 Å². The standard InChI is InChI=1S/C14H21NO4S/c1-14(10-12(16)8-9-19-14)11-4-6-13(7-5-11)20(17,18)15(2)3/h4-7,12,16H,8-10H2,1-3H3. The summed E-state index contributed by atoms with van der Waals surface area (Å²) < 4.78 is 31.0. The van der Waals surface area contributed by atoms with Gasteiger partial charge in [0.1, 0.15) is 0 Å². The maximum atomic E-state index is 12.0. The maximum absolute atomic E-state index is 12.0. The van der Waals surface area contributed by atoms with Crippen LogP contribution in [0.4, 0.5) is 0 Å². The molecule has 5 nitrogen and oxygen atoms in total. The van der Waals surface area contributed by atoms with E-state index >= 15 is 0 Å². The Morgan fingerprint density at radius 2 is 1.90 bits per heavy atom. The molecule has 1 aromatic rings. The molecule has 112 valence electrons. The molecule has 0 aromatic heterocycles. The van der Waals surface area contributed by atoms with Crippen LogP contribution in [0.1, 0.15) is 25.3 Å². The predicted octanol–water partition coefficient (Wildman–Crippen LogP) is 1.32. The van der Waals surface area contributed by atoms with Gasteiger partial charge in [-0.25, -0.2) is 12.7 Å². The molecule has 20 heavy (non-hydrogen) atoms. The van der Waals surface area contributed by atoms with Crippen LogP contribution in [0.15, 0.2) is 29.2 Å². The molecule has 1 aromatic carbocycles. The van der Waals surface area contributed by atoms with Gasteiger partial charge in [-0.1, -0.05) is 12.1 Å². The first-order valence-corrected chi connectivity index (χ1v) is 8.05. The molecule has 2 rings (SSSR count). The lowest BCUT2D eigenvalue weighted by atomic mass is 9.87. The smallest absolute Gasteiger partial charge is 0.242 e. The first-order valence-electron chi connectivity index (χ1n) is 6.61. The van der Waals surface area contributed by atoms with Crippen LogP contribution in [0.3, 0.4) is 0 Å². The number of hydrogen-bond acceptors (Lipinski definition) is 4. The van der Waals surface area contributed by atoms with Gasteiger partial charge in [0.25, 0.3) is 0 Å². The minimum absolute atomic E-state index is 0.256. The highest BCUT2D eigenvalue weighted by Crippen LogP contribution is 2.35. The van der Waals surface area contributed by atoms with E-state index in [-0.39, 0.29) is 11.0 Å². The maximum Gasteiger partial charge on any atom is 0.242 e. The minimum atomic E-state index is -3.41. The second kappa shape index (κ2) is 5.44. The number of sulfonamides is 1. The molecule has 1 N–H and O–H groups in total. The molecular formula is C14H21NO4S. The van der Waals surface area contributed by atoms with Crippen molar-refractivity contribution < 1.29 is 18.3 Å². The van der Waals surface area contributed by atoms with Crippen molar-refractivity contribution >= 4 is 10.0 Å². The van der Waals surface area contributed by atoms with E-state index in [1.165, 1.54) is 18.4 Å². The summed E-state index contributed by atoms with van der Waals surface area (Å²) in [4.78, 5) is 0.256. The minimum Gasteiger partial charge on any atom is -0.393 e. The molecule has 0 amide bonds. The van der Waals surface area contributed by atoms with Crippen LogP contribution in [0.25, 0.3) is 0 Å². The summed E-state index contributed by atoms with van der Waals surface area (Å²) in [6, 6.07) is 6.68. The fourth-order valence-electron chi connectivity index (χ4n) is 2.42. The van der Waals surface area contributed by atoms with Crippen molar-refractivity contribution in [3.8, 4) is 0 Å². The monoisotopic (exact) mass is 299 g/mol. The van der Waals surface area contributed by atoms with Gasteiger partial charge < -0.3 is 9.84 Å². The molecule has 0 aliphatic carbocycles. The molecule has 2 atom stereocenters. The van der Waals surface area contributed by atoms with Crippen LogP contribution < -0.4 is 0 Å². The number of ether oxygens (including phenoxy) is 1. The number of aliphatic hydroxyl groups excluding tert-OH is 1. The number of rotatable bonds is 3. The average Bonchev–Trinajstić information content (AvgIpc) is 2.38. The third kappa shape index (κ3) is 2.88. The largest absolute Gasteiger partial charge is 0.393 e. The molecule has 1 fully saturated rings. The summed E-state index contributed by atoms with van der Waals surface area (Å²) in [6.45, 7) is 2.43. The molecule has 1 heterocycles. The molecule has 0 radical (unpaired) electrons. The molecule has 1 saturated heterocycles. The summed E-state index contributed by atoms with van der Waals surface area (Å²) in [7, 11) is -0.402. The van der Waals surface area contributed by atoms with Crippen molar-refractivity contribution in [2.75, 3.05) is 20.7 Å². The van der Waals surface area contributed by atoms with E-state index in [2.05, 4.69) is 0 Å². The van der Waals surface area contributed by atoms with Crippen molar-refractivity contribution in [1.82, 2.24) is 4.31 Å². The van der Waals surface area contributed by atoms with E-state index in [0.717, 1.165) is 5.56 Å². The molecule has 6 heteroatoms. The third-order valence-corrected chi connectivity index (χ3v) is 5.57. The van der Waals surface area contributed by atoms with Crippen molar-refractivity contribution in [1.29, 1.82) is 0 Å². The summed E-state index contributed by atoms with van der Waals surface area (Å²) in [5.41, 5.74) is 0.326. The molecular weight excluding hydrogens is 278 g/mol. The Hall–Kier alpha value is -0.950. The van der Waals surface area contributed by atoms with Crippen molar-refractivity contribution in [3.63, 3.8) is 0 Å². The highest BCUT2D eigenvalue weighted by Gasteiger charge is 2.34. The van der Waals surface area contributed by atoms with Crippen LogP contribution >= 0.6 is 0 Å². The summed E-state index contributed by atoms with van der Waals surface area (Å²) in [5.74, 6) is 0. The Bertz CT molecular complexity index is 567. The highest BCUT2D eigenvalue weighted by atomic mass is 32.2. The molecule has 0 spiro atoms. The Balaban J connectivity index is 2.29. The lowest BCUT2D eigenvalue weighted by Gasteiger charge is -2.37. The van der Waals surface area contributed by atoms with E-state index < -0.39 is 15.6 Å². The normalized spacial score (nSPS) is 27.8. The number of nitrogens with zero attached hydrogens (tertiary/aromatic N) is 1. The Morgan fingerprint density at radius 1 is 1.30 bits per heavy atom. The summed E-state index contributed by atoms with van der Waals surface area (Å²) >= 11 is 0. The van der Waals surface area contributed by atoms with Crippen LogP contribution in [0, 0.1) is 0 Å². The van der Waals surface area contributed by atoms with Gasteiger partial charge >= 0.3 is 0 Å². The van der Waals surface area contributed by atoms with E-state index in [4.69, 9.17) is 4.74 Å².